The third-order valence-corrected chi connectivity index (χ3v) is 4.54. The summed E-state index contributed by atoms with van der Waals surface area (Å²) in [5, 5.41) is 13.8. The molecule has 1 N–H and O–H groups in total. The molecule has 25 heavy (non-hydrogen) atoms. The number of carbonyl (C=O) groups is 1. The first-order valence-corrected chi connectivity index (χ1v) is 8.47. The molecular weight excluding hydrogens is 318 g/mol. The fraction of sp³-hybridized carbons (Fsp3) is 0.316. The molecule has 1 saturated heterocycles. The van der Waals surface area contributed by atoms with Crippen molar-refractivity contribution in [1.82, 2.24) is 10.2 Å². The molecule has 2 aromatic carbocycles. The van der Waals surface area contributed by atoms with Gasteiger partial charge in [0.05, 0.1) is 11.0 Å². The van der Waals surface area contributed by atoms with E-state index in [1.165, 1.54) is 36.6 Å². The lowest BCUT2D eigenvalue weighted by molar-refractivity contribution is -0.384. The van der Waals surface area contributed by atoms with E-state index in [9.17, 15) is 14.9 Å². The number of nitrogens with zero attached hydrogens (tertiary/aromatic N) is 2. The van der Waals surface area contributed by atoms with Crippen LogP contribution in [0.15, 0.2) is 54.6 Å². The molecule has 0 aliphatic carbocycles. The maximum absolute atomic E-state index is 12.4. The minimum absolute atomic E-state index is 0.0770. The average molecular weight is 339 g/mol. The Morgan fingerprint density at radius 2 is 1.84 bits per heavy atom. The summed E-state index contributed by atoms with van der Waals surface area (Å²) in [7, 11) is 0. The van der Waals surface area contributed by atoms with Crippen LogP contribution in [-0.4, -0.2) is 35.4 Å². The van der Waals surface area contributed by atoms with Crippen molar-refractivity contribution in [2.45, 2.75) is 18.9 Å². The van der Waals surface area contributed by atoms with Gasteiger partial charge in [-0.3, -0.25) is 19.8 Å². The predicted molar refractivity (Wildman–Crippen MR) is 95.4 cm³/mol. The zero-order valence-corrected chi connectivity index (χ0v) is 13.9. The van der Waals surface area contributed by atoms with E-state index in [0.717, 1.165) is 13.1 Å². The zero-order valence-electron chi connectivity index (χ0n) is 13.9. The quantitative estimate of drug-likeness (QED) is 0.648. The summed E-state index contributed by atoms with van der Waals surface area (Å²) in [5.41, 5.74) is 1.40. The Hall–Kier alpha value is -2.73. The SMILES string of the molecule is O=C(NCC(c1ccccc1)N1CCCC1)c1cccc([N+](=O)[O-])c1. The van der Waals surface area contributed by atoms with Crippen molar-refractivity contribution in [2.75, 3.05) is 19.6 Å². The van der Waals surface area contributed by atoms with Crippen molar-refractivity contribution in [1.29, 1.82) is 0 Å². The third-order valence-electron chi connectivity index (χ3n) is 4.54. The number of benzene rings is 2. The molecule has 0 bridgehead atoms. The summed E-state index contributed by atoms with van der Waals surface area (Å²) >= 11 is 0. The molecule has 1 amide bonds. The normalized spacial score (nSPS) is 15.7. The number of nitrogens with one attached hydrogen (secondary N) is 1. The van der Waals surface area contributed by atoms with E-state index in [0.29, 0.717) is 12.1 Å². The molecular formula is C19H21N3O3. The highest BCUT2D eigenvalue weighted by molar-refractivity contribution is 5.94. The van der Waals surface area contributed by atoms with Gasteiger partial charge in [-0.25, -0.2) is 0 Å². The number of hydrogen-bond acceptors (Lipinski definition) is 4. The second-order valence-electron chi connectivity index (χ2n) is 6.19. The number of nitro benzene ring substituents is 1. The van der Waals surface area contributed by atoms with E-state index in [1.807, 2.05) is 18.2 Å². The van der Waals surface area contributed by atoms with Crippen molar-refractivity contribution < 1.29 is 9.72 Å². The van der Waals surface area contributed by atoms with E-state index in [2.05, 4.69) is 22.3 Å². The molecule has 1 aliphatic heterocycles. The lowest BCUT2D eigenvalue weighted by Crippen LogP contribution is -2.36. The maximum atomic E-state index is 12.4. The number of non-ortho nitro benzene ring substituents is 1. The van der Waals surface area contributed by atoms with Gasteiger partial charge >= 0.3 is 0 Å². The van der Waals surface area contributed by atoms with Gasteiger partial charge in [0.15, 0.2) is 0 Å². The fourth-order valence-corrected chi connectivity index (χ4v) is 3.24. The van der Waals surface area contributed by atoms with E-state index in [-0.39, 0.29) is 17.6 Å². The second kappa shape index (κ2) is 7.90. The highest BCUT2D eigenvalue weighted by atomic mass is 16.6. The Kier molecular flexibility index (Phi) is 5.40. The predicted octanol–water partition coefficient (Wildman–Crippen LogP) is 3.16. The molecule has 2 aromatic rings. The molecule has 1 fully saturated rings. The lowest BCUT2D eigenvalue weighted by Gasteiger charge is -2.28. The van der Waals surface area contributed by atoms with Crippen molar-refractivity contribution in [2.24, 2.45) is 0 Å². The summed E-state index contributed by atoms with van der Waals surface area (Å²) in [6.07, 6.45) is 2.34. The maximum Gasteiger partial charge on any atom is 0.270 e. The number of rotatable bonds is 6. The van der Waals surface area contributed by atoms with Gasteiger partial charge in [0.1, 0.15) is 0 Å². The van der Waals surface area contributed by atoms with Crippen LogP contribution in [-0.2, 0) is 0 Å². The summed E-state index contributed by atoms with van der Waals surface area (Å²) in [5.74, 6) is -0.288. The largest absolute Gasteiger partial charge is 0.350 e. The Morgan fingerprint density at radius 1 is 1.12 bits per heavy atom. The molecule has 1 unspecified atom stereocenters. The van der Waals surface area contributed by atoms with Gasteiger partial charge in [-0.05, 0) is 37.6 Å². The minimum atomic E-state index is -0.492. The number of likely N-dealkylation sites (tertiary alicyclic amines) is 1. The topological polar surface area (TPSA) is 75.5 Å². The van der Waals surface area contributed by atoms with E-state index >= 15 is 0 Å². The van der Waals surface area contributed by atoms with Gasteiger partial charge in [0.2, 0.25) is 0 Å². The standard InChI is InChI=1S/C19H21N3O3/c23-19(16-9-6-10-17(13-16)22(24)25)20-14-18(21-11-4-5-12-21)15-7-2-1-3-8-15/h1-3,6-10,13,18H,4-5,11-12,14H2,(H,20,23). The summed E-state index contributed by atoms with van der Waals surface area (Å²) in [6, 6.07) is 16.1. The number of amides is 1. The van der Waals surface area contributed by atoms with Crippen LogP contribution < -0.4 is 5.32 Å². The molecule has 0 saturated carbocycles. The van der Waals surface area contributed by atoms with Crippen LogP contribution in [0.1, 0.15) is 34.8 Å². The van der Waals surface area contributed by atoms with Gasteiger partial charge in [-0.15, -0.1) is 0 Å². The first kappa shape index (κ1) is 17.1. The molecule has 3 rings (SSSR count). The highest BCUT2D eigenvalue weighted by Gasteiger charge is 2.24. The lowest BCUT2D eigenvalue weighted by atomic mass is 10.1. The molecule has 1 heterocycles. The molecule has 0 radical (unpaired) electrons. The zero-order chi connectivity index (χ0) is 17.6. The summed E-state index contributed by atoms with van der Waals surface area (Å²) < 4.78 is 0. The fourth-order valence-electron chi connectivity index (χ4n) is 3.24. The number of carbonyl (C=O) groups excluding carboxylic acids is 1. The van der Waals surface area contributed by atoms with Crippen LogP contribution in [0, 0.1) is 10.1 Å². The van der Waals surface area contributed by atoms with E-state index in [1.54, 1.807) is 6.07 Å². The van der Waals surface area contributed by atoms with Gasteiger partial charge in [-0.1, -0.05) is 36.4 Å². The summed E-state index contributed by atoms with van der Waals surface area (Å²) in [6.45, 7) is 2.52. The summed E-state index contributed by atoms with van der Waals surface area (Å²) in [4.78, 5) is 25.2. The van der Waals surface area contributed by atoms with Crippen LogP contribution in [0.3, 0.4) is 0 Å². The average Bonchev–Trinajstić information content (AvgIpc) is 3.17. The van der Waals surface area contributed by atoms with Gasteiger partial charge in [0.25, 0.3) is 11.6 Å². The van der Waals surface area contributed by atoms with E-state index < -0.39 is 4.92 Å². The van der Waals surface area contributed by atoms with Crippen LogP contribution >= 0.6 is 0 Å². The Bertz CT molecular complexity index is 743. The smallest absolute Gasteiger partial charge is 0.270 e. The van der Waals surface area contributed by atoms with Crippen molar-refractivity contribution >= 4 is 11.6 Å². The molecule has 6 nitrogen and oxygen atoms in total. The van der Waals surface area contributed by atoms with Crippen LogP contribution in [0.5, 0.6) is 0 Å². The van der Waals surface area contributed by atoms with Crippen LogP contribution in [0.4, 0.5) is 5.69 Å². The Labute approximate surface area is 146 Å². The second-order valence-corrected chi connectivity index (χ2v) is 6.19. The molecule has 6 heteroatoms. The molecule has 1 atom stereocenters. The highest BCUT2D eigenvalue weighted by Crippen LogP contribution is 2.24. The molecule has 1 aliphatic rings. The molecule has 0 aromatic heterocycles. The Balaban J connectivity index is 1.71. The van der Waals surface area contributed by atoms with Crippen molar-refractivity contribution in [3.05, 3.63) is 75.8 Å². The Morgan fingerprint density at radius 3 is 2.52 bits per heavy atom. The van der Waals surface area contributed by atoms with Gasteiger partial charge in [-0.2, -0.15) is 0 Å². The van der Waals surface area contributed by atoms with Crippen molar-refractivity contribution in [3.8, 4) is 0 Å². The van der Waals surface area contributed by atoms with Crippen LogP contribution in [0.2, 0.25) is 0 Å². The van der Waals surface area contributed by atoms with Gasteiger partial charge in [0, 0.05) is 24.2 Å². The minimum Gasteiger partial charge on any atom is -0.350 e. The first-order valence-electron chi connectivity index (χ1n) is 8.47. The number of nitro groups is 1. The van der Waals surface area contributed by atoms with E-state index in [4.69, 9.17) is 0 Å². The molecule has 130 valence electrons. The number of hydrogen-bond donors (Lipinski definition) is 1. The van der Waals surface area contributed by atoms with Crippen molar-refractivity contribution in [3.63, 3.8) is 0 Å². The third kappa shape index (κ3) is 4.22. The van der Waals surface area contributed by atoms with Crippen LogP contribution in [0.25, 0.3) is 0 Å². The first-order chi connectivity index (χ1) is 12.1. The monoisotopic (exact) mass is 339 g/mol. The van der Waals surface area contributed by atoms with Gasteiger partial charge < -0.3 is 5.32 Å². The molecule has 0 spiro atoms.